The van der Waals surface area contributed by atoms with Gasteiger partial charge in [0.15, 0.2) is 0 Å². The molecule has 5 heteroatoms. The van der Waals surface area contributed by atoms with Crippen LogP contribution in [-0.4, -0.2) is 24.6 Å². The van der Waals surface area contributed by atoms with E-state index in [1.807, 2.05) is 7.05 Å². The average molecular weight is 288 g/mol. The molecular formula is C13H19Cl2N3. The van der Waals surface area contributed by atoms with Crippen molar-refractivity contribution in [2.24, 2.45) is 0 Å². The predicted octanol–water partition coefficient (Wildman–Crippen LogP) is 4.20. The van der Waals surface area contributed by atoms with Crippen LogP contribution < -0.4 is 10.2 Å². The molecular weight excluding hydrogens is 269 g/mol. The van der Waals surface area contributed by atoms with E-state index >= 15 is 0 Å². The Hall–Kier alpha value is -0.670. The summed E-state index contributed by atoms with van der Waals surface area (Å²) in [5, 5.41) is 4.21. The molecule has 1 N–H and O–H groups in total. The van der Waals surface area contributed by atoms with Gasteiger partial charge in [-0.2, -0.15) is 0 Å². The molecule has 3 nitrogen and oxygen atoms in total. The van der Waals surface area contributed by atoms with E-state index in [0.29, 0.717) is 21.9 Å². The first-order chi connectivity index (χ1) is 8.67. The monoisotopic (exact) mass is 287 g/mol. The maximum Gasteiger partial charge on any atom is 0.150 e. The van der Waals surface area contributed by atoms with Crippen molar-refractivity contribution in [3.8, 4) is 0 Å². The Morgan fingerprint density at radius 3 is 2.83 bits per heavy atom. The Morgan fingerprint density at radius 1 is 1.39 bits per heavy atom. The van der Waals surface area contributed by atoms with Crippen LogP contribution in [0.2, 0.25) is 10.0 Å². The Kier molecular flexibility index (Phi) is 4.57. The lowest BCUT2D eigenvalue weighted by Gasteiger charge is -2.36. The first kappa shape index (κ1) is 13.8. The number of rotatable bonds is 3. The lowest BCUT2D eigenvalue weighted by molar-refractivity contribution is 0.447. The molecule has 1 fully saturated rings. The molecule has 100 valence electrons. The van der Waals surface area contributed by atoms with Crippen molar-refractivity contribution in [2.45, 2.75) is 38.6 Å². The number of nitrogens with zero attached hydrogens (tertiary/aromatic N) is 2. The second-order valence-electron chi connectivity index (χ2n) is 4.63. The zero-order chi connectivity index (χ0) is 13.1. The molecule has 18 heavy (non-hydrogen) atoms. The third-order valence-electron chi connectivity index (χ3n) is 3.52. The number of hydrogen-bond donors (Lipinski definition) is 1. The first-order valence-electron chi connectivity index (χ1n) is 6.47. The van der Waals surface area contributed by atoms with Crippen molar-refractivity contribution < 1.29 is 0 Å². The van der Waals surface area contributed by atoms with Gasteiger partial charge < -0.3 is 10.2 Å². The van der Waals surface area contributed by atoms with Crippen LogP contribution in [0.1, 0.15) is 32.6 Å². The smallest absolute Gasteiger partial charge is 0.150 e. The van der Waals surface area contributed by atoms with Crippen LogP contribution in [0, 0.1) is 0 Å². The molecule has 1 aliphatic rings. The molecule has 1 aromatic rings. The summed E-state index contributed by atoms with van der Waals surface area (Å²) < 4.78 is 0. The standard InChI is InChI=1S/C13H19Cl2N3/c1-3-9-6-4-5-7-18(9)13-11(15)8-10(14)12(16-2)17-13/h8-9H,3-7H2,1-2H3,(H,16,17). The molecule has 0 amide bonds. The van der Waals surface area contributed by atoms with E-state index in [0.717, 1.165) is 18.8 Å². The minimum Gasteiger partial charge on any atom is -0.372 e. The van der Waals surface area contributed by atoms with Crippen LogP contribution in [0.4, 0.5) is 11.6 Å². The van der Waals surface area contributed by atoms with Gasteiger partial charge in [0.25, 0.3) is 0 Å². The van der Waals surface area contributed by atoms with Gasteiger partial charge in [-0.05, 0) is 31.7 Å². The molecule has 0 spiro atoms. The Morgan fingerprint density at radius 2 is 2.17 bits per heavy atom. The average Bonchev–Trinajstić information content (AvgIpc) is 2.39. The summed E-state index contributed by atoms with van der Waals surface area (Å²) in [7, 11) is 1.82. The number of pyridine rings is 1. The minimum atomic E-state index is 0.537. The highest BCUT2D eigenvalue weighted by molar-refractivity contribution is 6.37. The highest BCUT2D eigenvalue weighted by Gasteiger charge is 2.24. The number of hydrogen-bond acceptors (Lipinski definition) is 3. The minimum absolute atomic E-state index is 0.537. The van der Waals surface area contributed by atoms with Crippen molar-refractivity contribution in [1.82, 2.24) is 4.98 Å². The second kappa shape index (κ2) is 5.98. The first-order valence-corrected chi connectivity index (χ1v) is 7.23. The molecule has 0 saturated carbocycles. The van der Waals surface area contributed by atoms with Crippen molar-refractivity contribution in [1.29, 1.82) is 0 Å². The lowest BCUT2D eigenvalue weighted by atomic mass is 10.00. The lowest BCUT2D eigenvalue weighted by Crippen LogP contribution is -2.39. The molecule has 1 aliphatic heterocycles. The Bertz CT molecular complexity index is 423. The summed E-state index contributed by atoms with van der Waals surface area (Å²) in [5.74, 6) is 1.55. The van der Waals surface area contributed by atoms with Crippen molar-refractivity contribution >= 4 is 34.8 Å². The van der Waals surface area contributed by atoms with Crippen LogP contribution in [0.15, 0.2) is 6.07 Å². The second-order valence-corrected chi connectivity index (χ2v) is 5.44. The van der Waals surface area contributed by atoms with E-state index in [-0.39, 0.29) is 0 Å². The molecule has 1 atom stereocenters. The van der Waals surface area contributed by atoms with E-state index in [1.165, 1.54) is 19.3 Å². The van der Waals surface area contributed by atoms with E-state index in [1.54, 1.807) is 6.07 Å². The molecule has 0 bridgehead atoms. The summed E-state index contributed by atoms with van der Waals surface area (Å²) in [6.45, 7) is 3.24. The summed E-state index contributed by atoms with van der Waals surface area (Å²) >= 11 is 12.4. The fourth-order valence-electron chi connectivity index (χ4n) is 2.54. The normalized spacial score (nSPS) is 20.0. The maximum absolute atomic E-state index is 6.30. The molecule has 0 radical (unpaired) electrons. The van der Waals surface area contributed by atoms with Crippen LogP contribution >= 0.6 is 23.2 Å². The summed E-state index contributed by atoms with van der Waals surface area (Å²) in [5.41, 5.74) is 0. The molecule has 0 aliphatic carbocycles. The van der Waals surface area contributed by atoms with Crippen LogP contribution in [0.25, 0.3) is 0 Å². The molecule has 1 aromatic heterocycles. The van der Waals surface area contributed by atoms with Gasteiger partial charge in [-0.15, -0.1) is 0 Å². The number of halogens is 2. The number of piperidine rings is 1. The van der Waals surface area contributed by atoms with Crippen LogP contribution in [0.5, 0.6) is 0 Å². The van der Waals surface area contributed by atoms with E-state index in [9.17, 15) is 0 Å². The third kappa shape index (κ3) is 2.67. The van der Waals surface area contributed by atoms with E-state index in [2.05, 4.69) is 22.1 Å². The number of aromatic nitrogens is 1. The van der Waals surface area contributed by atoms with Crippen molar-refractivity contribution in [2.75, 3.05) is 23.8 Å². The van der Waals surface area contributed by atoms with Gasteiger partial charge in [0, 0.05) is 19.6 Å². The summed E-state index contributed by atoms with van der Waals surface area (Å²) in [4.78, 5) is 6.89. The van der Waals surface area contributed by atoms with Crippen LogP contribution in [-0.2, 0) is 0 Å². The van der Waals surface area contributed by atoms with Gasteiger partial charge >= 0.3 is 0 Å². The number of anilines is 2. The van der Waals surface area contributed by atoms with E-state index in [4.69, 9.17) is 23.2 Å². The largest absolute Gasteiger partial charge is 0.372 e. The molecule has 0 aromatic carbocycles. The zero-order valence-electron chi connectivity index (χ0n) is 10.8. The van der Waals surface area contributed by atoms with Gasteiger partial charge in [0.05, 0.1) is 10.0 Å². The summed E-state index contributed by atoms with van der Waals surface area (Å²) in [6, 6.07) is 2.31. The van der Waals surface area contributed by atoms with E-state index < -0.39 is 0 Å². The van der Waals surface area contributed by atoms with Crippen LogP contribution in [0.3, 0.4) is 0 Å². The van der Waals surface area contributed by atoms with Gasteiger partial charge in [-0.25, -0.2) is 4.98 Å². The highest BCUT2D eigenvalue weighted by atomic mass is 35.5. The molecule has 2 heterocycles. The Balaban J connectivity index is 2.36. The fraction of sp³-hybridized carbons (Fsp3) is 0.615. The fourth-order valence-corrected chi connectivity index (χ4v) is 3.10. The van der Waals surface area contributed by atoms with Crippen molar-refractivity contribution in [3.63, 3.8) is 0 Å². The van der Waals surface area contributed by atoms with Gasteiger partial charge in [-0.3, -0.25) is 0 Å². The van der Waals surface area contributed by atoms with Gasteiger partial charge in [0.1, 0.15) is 11.6 Å². The summed E-state index contributed by atoms with van der Waals surface area (Å²) in [6.07, 6.45) is 4.83. The Labute approximate surface area is 118 Å². The topological polar surface area (TPSA) is 28.2 Å². The van der Waals surface area contributed by atoms with Gasteiger partial charge in [-0.1, -0.05) is 30.1 Å². The molecule has 1 saturated heterocycles. The quantitative estimate of drug-likeness (QED) is 0.903. The SMILES string of the molecule is CCC1CCCCN1c1nc(NC)c(Cl)cc1Cl. The maximum atomic E-state index is 6.30. The zero-order valence-corrected chi connectivity index (χ0v) is 12.4. The molecule has 2 rings (SSSR count). The predicted molar refractivity (Wildman–Crippen MR) is 79.1 cm³/mol. The van der Waals surface area contributed by atoms with Gasteiger partial charge in [0.2, 0.25) is 0 Å². The number of nitrogens with one attached hydrogen (secondary N) is 1. The highest BCUT2D eigenvalue weighted by Crippen LogP contribution is 2.34. The molecule has 1 unspecified atom stereocenters. The third-order valence-corrected chi connectivity index (χ3v) is 4.08. The van der Waals surface area contributed by atoms with Crippen molar-refractivity contribution in [3.05, 3.63) is 16.1 Å².